The highest BCUT2D eigenvalue weighted by Gasteiger charge is 1.91. The minimum Gasteiger partial charge on any atom is -0.341 e. The van der Waals surface area contributed by atoms with Crippen molar-refractivity contribution in [1.82, 2.24) is 10.0 Å². The summed E-state index contributed by atoms with van der Waals surface area (Å²) >= 11 is 5.31. The van der Waals surface area contributed by atoms with Gasteiger partial charge in [-0.05, 0) is 11.9 Å². The van der Waals surface area contributed by atoms with E-state index in [1.807, 2.05) is 0 Å². The van der Waals surface area contributed by atoms with Crippen molar-refractivity contribution in [2.75, 3.05) is 18.6 Å². The molecule has 3 nitrogen and oxygen atoms in total. The Kier molecular flexibility index (Phi) is 6.08. The molecule has 0 saturated carbocycles. The predicted octanol–water partition coefficient (Wildman–Crippen LogP) is 0.493. The number of hydrogen-bond donors (Lipinski definition) is 3. The molecule has 0 aromatic heterocycles. The van der Waals surface area contributed by atoms with Gasteiger partial charge < -0.3 is 5.32 Å². The number of hydrogen-bond acceptors (Lipinski definition) is 3. The van der Waals surface area contributed by atoms with Gasteiger partial charge in [-0.25, -0.2) is 4.79 Å². The number of thiol groups is 1. The van der Waals surface area contributed by atoms with Crippen molar-refractivity contribution < 1.29 is 4.79 Å². The Morgan fingerprint density at radius 3 is 2.89 bits per heavy atom. The first-order chi connectivity index (χ1) is 4.31. The molecule has 0 heterocycles. The summed E-state index contributed by atoms with van der Waals surface area (Å²) in [4.78, 5) is 10.4. The van der Waals surface area contributed by atoms with Crippen LogP contribution in [0.1, 0.15) is 0 Å². The fourth-order valence-electron chi connectivity index (χ4n) is 0.213. The van der Waals surface area contributed by atoms with Gasteiger partial charge in [-0.2, -0.15) is 12.6 Å². The summed E-state index contributed by atoms with van der Waals surface area (Å²) in [5.74, 6) is 1.60. The molecule has 0 aliphatic rings. The van der Waals surface area contributed by atoms with Crippen LogP contribution in [-0.2, 0) is 0 Å². The van der Waals surface area contributed by atoms with E-state index in [9.17, 15) is 4.79 Å². The summed E-state index contributed by atoms with van der Waals surface area (Å²) in [6.07, 6.45) is 0. The van der Waals surface area contributed by atoms with E-state index in [1.165, 1.54) is 11.9 Å². The average molecular weight is 166 g/mol. The number of urea groups is 1. The van der Waals surface area contributed by atoms with E-state index in [0.717, 1.165) is 11.5 Å². The van der Waals surface area contributed by atoms with Crippen LogP contribution in [-0.4, -0.2) is 24.6 Å². The Balaban J connectivity index is 2.97. The molecule has 0 unspecified atom stereocenters. The molecule has 0 aliphatic carbocycles. The fraction of sp³-hybridized carbons (Fsp3) is 0.750. The van der Waals surface area contributed by atoms with E-state index < -0.39 is 0 Å². The Morgan fingerprint density at radius 2 is 2.44 bits per heavy atom. The van der Waals surface area contributed by atoms with Crippen LogP contribution in [0.2, 0.25) is 0 Å². The summed E-state index contributed by atoms with van der Waals surface area (Å²) in [5.41, 5.74) is 0. The second-order valence-electron chi connectivity index (χ2n) is 1.25. The molecule has 2 N–H and O–H groups in total. The fourth-order valence-corrected chi connectivity index (χ4v) is 0.914. The van der Waals surface area contributed by atoms with E-state index in [2.05, 4.69) is 22.7 Å². The number of amides is 2. The molecule has 0 fully saturated rings. The Bertz CT molecular complexity index is 88.6. The molecular formula is C4H10N2OS2. The number of rotatable bonds is 3. The third-order valence-electron chi connectivity index (χ3n) is 0.585. The van der Waals surface area contributed by atoms with Gasteiger partial charge in [0.05, 0.1) is 0 Å². The van der Waals surface area contributed by atoms with Gasteiger partial charge in [0.2, 0.25) is 0 Å². The maximum atomic E-state index is 10.4. The maximum Gasteiger partial charge on any atom is 0.324 e. The lowest BCUT2D eigenvalue weighted by atomic mass is 11.0. The molecule has 0 saturated heterocycles. The van der Waals surface area contributed by atoms with E-state index in [-0.39, 0.29) is 6.03 Å². The lowest BCUT2D eigenvalue weighted by molar-refractivity contribution is 0.248. The molecule has 0 aromatic carbocycles. The minimum atomic E-state index is -0.165. The van der Waals surface area contributed by atoms with Crippen LogP contribution in [0.4, 0.5) is 4.79 Å². The van der Waals surface area contributed by atoms with Gasteiger partial charge in [0.15, 0.2) is 0 Å². The van der Waals surface area contributed by atoms with Crippen LogP contribution in [0, 0.1) is 0 Å². The second-order valence-corrected chi connectivity index (χ2v) is 2.60. The van der Waals surface area contributed by atoms with E-state index >= 15 is 0 Å². The molecule has 2 amide bonds. The van der Waals surface area contributed by atoms with Crippen LogP contribution < -0.4 is 10.0 Å². The molecule has 9 heavy (non-hydrogen) atoms. The second kappa shape index (κ2) is 6.10. The summed E-state index contributed by atoms with van der Waals surface area (Å²) < 4.78 is 2.55. The highest BCUT2D eigenvalue weighted by molar-refractivity contribution is 7.98. The molecule has 0 atom stereocenters. The molecule has 5 heteroatoms. The average Bonchev–Trinajstić information content (AvgIpc) is 1.89. The van der Waals surface area contributed by atoms with Crippen molar-refractivity contribution in [2.45, 2.75) is 0 Å². The first-order valence-electron chi connectivity index (χ1n) is 2.51. The largest absolute Gasteiger partial charge is 0.341 e. The zero-order valence-corrected chi connectivity index (χ0v) is 6.89. The van der Waals surface area contributed by atoms with Gasteiger partial charge in [-0.1, -0.05) is 0 Å². The Labute approximate surface area is 64.5 Å². The monoisotopic (exact) mass is 166 g/mol. The molecular weight excluding hydrogens is 156 g/mol. The topological polar surface area (TPSA) is 41.1 Å². The van der Waals surface area contributed by atoms with Crippen molar-refractivity contribution >= 4 is 30.6 Å². The van der Waals surface area contributed by atoms with Crippen molar-refractivity contribution in [1.29, 1.82) is 0 Å². The van der Waals surface area contributed by atoms with Gasteiger partial charge in [0, 0.05) is 18.6 Å². The molecule has 0 rings (SSSR count). The third-order valence-corrected chi connectivity index (χ3v) is 1.85. The maximum absolute atomic E-state index is 10.4. The standard InChI is InChI=1S/C4H10N2OS2/c1-5-4(7)6-9-3-2-8/h8H,2-3H2,1H3,(H2,5,6,7). The lowest BCUT2D eigenvalue weighted by Crippen LogP contribution is -2.27. The van der Waals surface area contributed by atoms with Crippen molar-refractivity contribution in [3.63, 3.8) is 0 Å². The molecule has 0 spiro atoms. The normalized spacial score (nSPS) is 8.67. The first-order valence-corrected chi connectivity index (χ1v) is 4.13. The third kappa shape index (κ3) is 5.85. The Hall–Kier alpha value is -0.0300. The summed E-state index contributed by atoms with van der Waals surface area (Å²) in [6, 6.07) is -0.165. The predicted molar refractivity (Wildman–Crippen MR) is 43.9 cm³/mol. The molecule has 0 bridgehead atoms. The van der Waals surface area contributed by atoms with Crippen LogP contribution in [0.5, 0.6) is 0 Å². The van der Waals surface area contributed by atoms with E-state index in [1.54, 1.807) is 7.05 Å². The van der Waals surface area contributed by atoms with Crippen LogP contribution >= 0.6 is 24.6 Å². The van der Waals surface area contributed by atoms with E-state index in [0.29, 0.717) is 0 Å². The minimum absolute atomic E-state index is 0.165. The van der Waals surface area contributed by atoms with Gasteiger partial charge in [0.1, 0.15) is 0 Å². The van der Waals surface area contributed by atoms with Crippen molar-refractivity contribution in [3.05, 3.63) is 0 Å². The van der Waals surface area contributed by atoms with Gasteiger partial charge in [-0.15, -0.1) is 0 Å². The highest BCUT2D eigenvalue weighted by atomic mass is 32.2. The number of carbonyl (C=O) groups is 1. The SMILES string of the molecule is CNC(=O)NSCCS. The summed E-state index contributed by atoms with van der Waals surface area (Å²) in [6.45, 7) is 0. The molecule has 0 aliphatic heterocycles. The zero-order valence-electron chi connectivity index (χ0n) is 5.18. The van der Waals surface area contributed by atoms with E-state index in [4.69, 9.17) is 0 Å². The highest BCUT2D eigenvalue weighted by Crippen LogP contribution is 1.92. The van der Waals surface area contributed by atoms with Crippen molar-refractivity contribution in [3.8, 4) is 0 Å². The van der Waals surface area contributed by atoms with Gasteiger partial charge >= 0.3 is 6.03 Å². The van der Waals surface area contributed by atoms with Crippen molar-refractivity contribution in [2.24, 2.45) is 0 Å². The lowest BCUT2D eigenvalue weighted by Gasteiger charge is -1.99. The number of nitrogens with one attached hydrogen (secondary N) is 2. The first kappa shape index (κ1) is 8.97. The summed E-state index contributed by atoms with van der Waals surface area (Å²) in [7, 11) is 1.58. The Morgan fingerprint density at radius 1 is 1.78 bits per heavy atom. The van der Waals surface area contributed by atoms with Gasteiger partial charge in [0.25, 0.3) is 0 Å². The molecule has 54 valence electrons. The van der Waals surface area contributed by atoms with Crippen LogP contribution in [0.25, 0.3) is 0 Å². The van der Waals surface area contributed by atoms with Gasteiger partial charge in [-0.3, -0.25) is 4.72 Å². The molecule has 0 radical (unpaired) electrons. The van der Waals surface area contributed by atoms with Crippen LogP contribution in [0.15, 0.2) is 0 Å². The summed E-state index contributed by atoms with van der Waals surface area (Å²) in [5, 5.41) is 2.43. The zero-order chi connectivity index (χ0) is 7.11. The smallest absolute Gasteiger partial charge is 0.324 e. The van der Waals surface area contributed by atoms with Crippen LogP contribution in [0.3, 0.4) is 0 Å². The quantitative estimate of drug-likeness (QED) is 0.324. The molecule has 0 aromatic rings. The number of carbonyl (C=O) groups excluding carboxylic acids is 1.